The number of benzene rings is 1. The number of nitro groups is 1. The highest BCUT2D eigenvalue weighted by molar-refractivity contribution is 5.25. The number of hydrogen-bond donors (Lipinski definition) is 0. The summed E-state index contributed by atoms with van der Waals surface area (Å²) in [4.78, 5) is 18.5. The van der Waals surface area contributed by atoms with Gasteiger partial charge in [-0.3, -0.25) is 14.4 Å². The van der Waals surface area contributed by atoms with Crippen molar-refractivity contribution in [1.29, 1.82) is 0 Å². The molecule has 2 aromatic rings. The van der Waals surface area contributed by atoms with Crippen LogP contribution in [0.15, 0.2) is 30.5 Å². The molecular formula is C18H20F3N5O3. The lowest BCUT2D eigenvalue weighted by molar-refractivity contribution is -0.389. The quantitative estimate of drug-likeness (QED) is 0.556. The average Bonchev–Trinajstić information content (AvgIpc) is 3.22. The van der Waals surface area contributed by atoms with E-state index in [1.807, 2.05) is 0 Å². The number of halogens is 3. The van der Waals surface area contributed by atoms with E-state index in [1.54, 1.807) is 4.57 Å². The molecule has 4 rings (SSSR count). The smallest absolute Gasteiger partial charge is 0.416 e. The fourth-order valence-electron chi connectivity index (χ4n) is 3.67. The molecule has 0 bridgehead atoms. The van der Waals surface area contributed by atoms with Gasteiger partial charge in [-0.1, -0.05) is 12.1 Å². The minimum absolute atomic E-state index is 0.0974. The van der Waals surface area contributed by atoms with Gasteiger partial charge in [-0.05, 0) is 22.6 Å². The standard InChI is InChI=1S/C18H20F3N5O3/c19-18(20,21)14-3-1-13(2-4-14)9-23-5-7-24(8-6-23)10-15-11-25-12-16(26(27)28)22-17(25)29-15/h1-4,12,15H,5-11H2/t15-/m0/s1. The molecule has 0 aliphatic carbocycles. The van der Waals surface area contributed by atoms with Crippen LogP contribution >= 0.6 is 0 Å². The largest absolute Gasteiger partial charge is 0.439 e. The van der Waals surface area contributed by atoms with Crippen molar-refractivity contribution in [3.8, 4) is 6.01 Å². The molecule has 1 atom stereocenters. The van der Waals surface area contributed by atoms with Crippen molar-refractivity contribution in [2.75, 3.05) is 32.7 Å². The first-order valence-corrected chi connectivity index (χ1v) is 9.27. The molecule has 1 aromatic heterocycles. The van der Waals surface area contributed by atoms with Gasteiger partial charge in [0.2, 0.25) is 0 Å². The molecule has 0 saturated carbocycles. The van der Waals surface area contributed by atoms with Crippen LogP contribution < -0.4 is 4.74 Å². The highest BCUT2D eigenvalue weighted by Crippen LogP contribution is 2.29. The number of ether oxygens (including phenoxy) is 1. The Balaban J connectivity index is 1.23. The lowest BCUT2D eigenvalue weighted by Crippen LogP contribution is -2.48. The van der Waals surface area contributed by atoms with Crippen molar-refractivity contribution in [2.24, 2.45) is 0 Å². The number of fused-ring (bicyclic) bond motifs is 1. The van der Waals surface area contributed by atoms with Crippen LogP contribution in [0.1, 0.15) is 11.1 Å². The van der Waals surface area contributed by atoms with E-state index in [0.29, 0.717) is 19.6 Å². The summed E-state index contributed by atoms with van der Waals surface area (Å²) in [5.41, 5.74) is 0.227. The molecule has 2 aliphatic heterocycles. The van der Waals surface area contributed by atoms with Gasteiger partial charge in [0, 0.05) is 44.3 Å². The Morgan fingerprint density at radius 3 is 2.38 bits per heavy atom. The molecular weight excluding hydrogens is 391 g/mol. The zero-order valence-electron chi connectivity index (χ0n) is 15.5. The third kappa shape index (κ3) is 4.51. The van der Waals surface area contributed by atoms with Crippen LogP contribution in [0.3, 0.4) is 0 Å². The van der Waals surface area contributed by atoms with Gasteiger partial charge in [0.25, 0.3) is 0 Å². The van der Waals surface area contributed by atoms with E-state index in [9.17, 15) is 23.3 Å². The fourth-order valence-corrected chi connectivity index (χ4v) is 3.67. The number of hydrogen-bond acceptors (Lipinski definition) is 6. The molecule has 1 aromatic carbocycles. The summed E-state index contributed by atoms with van der Waals surface area (Å²) in [6, 6.07) is 5.58. The molecule has 1 saturated heterocycles. The van der Waals surface area contributed by atoms with Crippen molar-refractivity contribution < 1.29 is 22.8 Å². The number of piperazine rings is 1. The lowest BCUT2D eigenvalue weighted by Gasteiger charge is -2.35. The van der Waals surface area contributed by atoms with Gasteiger partial charge in [0.1, 0.15) is 12.3 Å². The van der Waals surface area contributed by atoms with Crippen LogP contribution in [0.2, 0.25) is 0 Å². The number of imidazole rings is 1. The molecule has 0 unspecified atom stereocenters. The van der Waals surface area contributed by atoms with Crippen LogP contribution in [0.25, 0.3) is 0 Å². The van der Waals surface area contributed by atoms with Crippen molar-refractivity contribution in [3.05, 3.63) is 51.7 Å². The van der Waals surface area contributed by atoms with Gasteiger partial charge in [-0.25, -0.2) is 0 Å². The van der Waals surface area contributed by atoms with E-state index in [0.717, 1.165) is 43.9 Å². The van der Waals surface area contributed by atoms with Crippen LogP contribution in [-0.2, 0) is 19.3 Å². The lowest BCUT2D eigenvalue weighted by atomic mass is 10.1. The molecule has 0 spiro atoms. The Morgan fingerprint density at radius 1 is 1.14 bits per heavy atom. The molecule has 2 aliphatic rings. The molecule has 11 heteroatoms. The Morgan fingerprint density at radius 2 is 1.79 bits per heavy atom. The van der Waals surface area contributed by atoms with E-state index in [-0.39, 0.29) is 17.9 Å². The van der Waals surface area contributed by atoms with E-state index >= 15 is 0 Å². The van der Waals surface area contributed by atoms with Crippen LogP contribution in [-0.4, -0.2) is 63.1 Å². The summed E-state index contributed by atoms with van der Waals surface area (Å²) >= 11 is 0. The zero-order chi connectivity index (χ0) is 20.6. The van der Waals surface area contributed by atoms with E-state index in [2.05, 4.69) is 14.8 Å². The minimum Gasteiger partial charge on any atom is -0.439 e. The normalized spacial score (nSPS) is 20.4. The molecule has 0 amide bonds. The monoisotopic (exact) mass is 411 g/mol. The predicted octanol–water partition coefficient (Wildman–Crippen LogP) is 2.39. The minimum atomic E-state index is -4.31. The Kier molecular flexibility index (Phi) is 5.17. The van der Waals surface area contributed by atoms with Crippen molar-refractivity contribution >= 4 is 5.82 Å². The summed E-state index contributed by atoms with van der Waals surface area (Å²) < 4.78 is 45.3. The summed E-state index contributed by atoms with van der Waals surface area (Å²) in [6.45, 7) is 5.11. The second kappa shape index (κ2) is 7.64. The zero-order valence-corrected chi connectivity index (χ0v) is 15.5. The maximum absolute atomic E-state index is 12.6. The maximum atomic E-state index is 12.6. The number of aromatic nitrogens is 2. The van der Waals surface area contributed by atoms with Crippen molar-refractivity contribution in [1.82, 2.24) is 19.4 Å². The second-order valence-corrected chi connectivity index (χ2v) is 7.30. The van der Waals surface area contributed by atoms with Gasteiger partial charge in [-0.2, -0.15) is 13.2 Å². The second-order valence-electron chi connectivity index (χ2n) is 7.30. The first kappa shape index (κ1) is 19.6. The molecule has 3 heterocycles. The number of nitrogens with zero attached hydrogens (tertiary/aromatic N) is 5. The van der Waals surface area contributed by atoms with Gasteiger partial charge < -0.3 is 14.9 Å². The summed E-state index contributed by atoms with van der Waals surface area (Å²) in [6.07, 6.45) is -3.02. The average molecular weight is 411 g/mol. The van der Waals surface area contributed by atoms with E-state index in [1.165, 1.54) is 18.3 Å². The molecule has 8 nitrogen and oxygen atoms in total. The highest BCUT2D eigenvalue weighted by Gasteiger charge is 2.33. The Labute approximate surface area is 164 Å². The first-order valence-electron chi connectivity index (χ1n) is 9.27. The molecule has 29 heavy (non-hydrogen) atoms. The van der Waals surface area contributed by atoms with Gasteiger partial charge in [0.15, 0.2) is 0 Å². The fraction of sp³-hybridized carbons (Fsp3) is 0.500. The van der Waals surface area contributed by atoms with Crippen LogP contribution in [0.5, 0.6) is 6.01 Å². The summed E-state index contributed by atoms with van der Waals surface area (Å²) in [5.74, 6) is -0.213. The van der Waals surface area contributed by atoms with Crippen molar-refractivity contribution in [2.45, 2.75) is 25.4 Å². The van der Waals surface area contributed by atoms with Crippen molar-refractivity contribution in [3.63, 3.8) is 0 Å². The van der Waals surface area contributed by atoms with Gasteiger partial charge >= 0.3 is 18.0 Å². The first-order chi connectivity index (χ1) is 13.8. The maximum Gasteiger partial charge on any atom is 0.416 e. The molecule has 1 fully saturated rings. The third-order valence-electron chi connectivity index (χ3n) is 5.20. The molecule has 0 radical (unpaired) electrons. The van der Waals surface area contributed by atoms with E-state index in [4.69, 9.17) is 4.74 Å². The molecule has 0 N–H and O–H groups in total. The predicted molar refractivity (Wildman–Crippen MR) is 96.5 cm³/mol. The SMILES string of the molecule is O=[N+]([O-])c1cn2c(n1)O[C@@H](CN1CCN(Cc3ccc(C(F)(F)F)cc3)CC1)C2. The van der Waals surface area contributed by atoms with Crippen LogP contribution in [0.4, 0.5) is 19.0 Å². The Bertz CT molecular complexity index is 852. The molecule has 156 valence electrons. The number of alkyl halides is 3. The number of rotatable bonds is 5. The van der Waals surface area contributed by atoms with E-state index < -0.39 is 16.7 Å². The highest BCUT2D eigenvalue weighted by atomic mass is 19.4. The Hall–Kier alpha value is -2.66. The topological polar surface area (TPSA) is 76.7 Å². The van der Waals surface area contributed by atoms with Gasteiger partial charge in [-0.15, -0.1) is 0 Å². The van der Waals surface area contributed by atoms with Crippen LogP contribution in [0, 0.1) is 10.1 Å². The summed E-state index contributed by atoms with van der Waals surface area (Å²) in [7, 11) is 0. The van der Waals surface area contributed by atoms with Gasteiger partial charge in [0.05, 0.1) is 12.1 Å². The summed E-state index contributed by atoms with van der Waals surface area (Å²) in [5, 5.41) is 10.7. The third-order valence-corrected chi connectivity index (χ3v) is 5.20.